The average molecular weight is 379 g/mol. The molecule has 0 N–H and O–H groups in total. The lowest BCUT2D eigenvalue weighted by molar-refractivity contribution is 0.112. The summed E-state index contributed by atoms with van der Waals surface area (Å²) in [6.07, 6.45) is 2.48. The lowest BCUT2D eigenvalue weighted by Gasteiger charge is -2.18. The van der Waals surface area contributed by atoms with E-state index in [1.165, 1.54) is 29.4 Å². The Hall–Kier alpha value is -2.78. The molecule has 0 heterocycles. The molecule has 27 heavy (non-hydrogen) atoms. The van der Waals surface area contributed by atoms with E-state index in [1.54, 1.807) is 12.1 Å². The van der Waals surface area contributed by atoms with Crippen LogP contribution in [0.3, 0.4) is 0 Å². The minimum atomic E-state index is -0.0760. The standard InChI is InChI=1S/C23H19ClO3/c1-26-22-13-23(20(24)12-16(22)14-25)27-21-11-10-18-17(8-5-9-19(18)21)15-6-3-2-4-7-15/h2-9,12-14,21H,10-11H2,1H3/t21-/m0/s1. The Morgan fingerprint density at radius 1 is 1.04 bits per heavy atom. The van der Waals surface area contributed by atoms with Gasteiger partial charge in [0.1, 0.15) is 17.6 Å². The van der Waals surface area contributed by atoms with Crippen LogP contribution in [-0.2, 0) is 6.42 Å². The highest BCUT2D eigenvalue weighted by molar-refractivity contribution is 6.32. The van der Waals surface area contributed by atoms with E-state index in [2.05, 4.69) is 42.5 Å². The van der Waals surface area contributed by atoms with Gasteiger partial charge in [0.25, 0.3) is 0 Å². The minimum Gasteiger partial charge on any atom is -0.496 e. The second kappa shape index (κ2) is 7.45. The van der Waals surface area contributed by atoms with E-state index in [0.717, 1.165) is 19.1 Å². The number of hydrogen-bond acceptors (Lipinski definition) is 3. The van der Waals surface area contributed by atoms with E-state index >= 15 is 0 Å². The molecule has 0 radical (unpaired) electrons. The van der Waals surface area contributed by atoms with Crippen LogP contribution in [0.5, 0.6) is 11.5 Å². The summed E-state index contributed by atoms with van der Waals surface area (Å²) in [4.78, 5) is 11.2. The lowest BCUT2D eigenvalue weighted by Crippen LogP contribution is -2.05. The molecular weight excluding hydrogens is 360 g/mol. The molecule has 0 bridgehead atoms. The minimum absolute atomic E-state index is 0.0760. The van der Waals surface area contributed by atoms with Crippen LogP contribution >= 0.6 is 11.6 Å². The Morgan fingerprint density at radius 2 is 1.85 bits per heavy atom. The molecule has 0 amide bonds. The largest absolute Gasteiger partial charge is 0.496 e. The van der Waals surface area contributed by atoms with Crippen molar-refractivity contribution in [1.29, 1.82) is 0 Å². The van der Waals surface area contributed by atoms with Crippen LogP contribution in [0.2, 0.25) is 5.02 Å². The van der Waals surface area contributed by atoms with Gasteiger partial charge in [0.2, 0.25) is 0 Å². The first-order valence-electron chi connectivity index (χ1n) is 8.88. The second-order valence-corrected chi connectivity index (χ2v) is 6.93. The quantitative estimate of drug-likeness (QED) is 0.519. The van der Waals surface area contributed by atoms with Crippen molar-refractivity contribution in [3.05, 3.63) is 82.4 Å². The molecule has 0 saturated heterocycles. The van der Waals surface area contributed by atoms with Gasteiger partial charge in [0, 0.05) is 6.07 Å². The maximum atomic E-state index is 11.2. The molecule has 0 saturated carbocycles. The van der Waals surface area contributed by atoms with Crippen LogP contribution in [0.25, 0.3) is 11.1 Å². The number of ether oxygens (including phenoxy) is 2. The van der Waals surface area contributed by atoms with Crippen LogP contribution in [0.4, 0.5) is 0 Å². The third-order valence-electron chi connectivity index (χ3n) is 4.98. The Bertz CT molecular complexity index is 982. The summed E-state index contributed by atoms with van der Waals surface area (Å²) in [6, 6.07) is 20.0. The average Bonchev–Trinajstić information content (AvgIpc) is 3.12. The molecule has 0 aromatic heterocycles. The first kappa shape index (κ1) is 17.6. The summed E-state index contributed by atoms with van der Waals surface area (Å²) >= 11 is 6.33. The van der Waals surface area contributed by atoms with Gasteiger partial charge in [-0.15, -0.1) is 0 Å². The highest BCUT2D eigenvalue weighted by Gasteiger charge is 2.27. The number of aldehydes is 1. The predicted octanol–water partition coefficient (Wildman–Crippen LogP) is 5.89. The van der Waals surface area contributed by atoms with Crippen molar-refractivity contribution < 1.29 is 14.3 Å². The highest BCUT2D eigenvalue weighted by atomic mass is 35.5. The van der Waals surface area contributed by atoms with Crippen LogP contribution in [-0.4, -0.2) is 13.4 Å². The Morgan fingerprint density at radius 3 is 2.59 bits per heavy atom. The summed E-state index contributed by atoms with van der Waals surface area (Å²) in [5.41, 5.74) is 5.38. The van der Waals surface area contributed by atoms with Gasteiger partial charge >= 0.3 is 0 Å². The van der Waals surface area contributed by atoms with Crippen molar-refractivity contribution >= 4 is 17.9 Å². The Kier molecular flexibility index (Phi) is 4.87. The number of carbonyl (C=O) groups is 1. The van der Waals surface area contributed by atoms with Gasteiger partial charge in [0.05, 0.1) is 17.7 Å². The fraction of sp³-hybridized carbons (Fsp3) is 0.174. The van der Waals surface area contributed by atoms with E-state index in [9.17, 15) is 4.79 Å². The molecule has 3 aromatic rings. The molecule has 4 heteroatoms. The molecule has 136 valence electrons. The first-order chi connectivity index (χ1) is 13.2. The second-order valence-electron chi connectivity index (χ2n) is 6.53. The van der Waals surface area contributed by atoms with E-state index < -0.39 is 0 Å². The number of carbonyl (C=O) groups excluding carboxylic acids is 1. The molecular formula is C23H19ClO3. The van der Waals surface area contributed by atoms with Gasteiger partial charge in [-0.1, -0.05) is 60.1 Å². The third-order valence-corrected chi connectivity index (χ3v) is 5.28. The maximum Gasteiger partial charge on any atom is 0.153 e. The monoisotopic (exact) mass is 378 g/mol. The molecule has 0 fully saturated rings. The zero-order chi connectivity index (χ0) is 18.8. The maximum absolute atomic E-state index is 11.2. The summed E-state index contributed by atoms with van der Waals surface area (Å²) < 4.78 is 11.5. The molecule has 1 aliphatic rings. The number of fused-ring (bicyclic) bond motifs is 1. The number of halogens is 1. The summed E-state index contributed by atoms with van der Waals surface area (Å²) in [6.45, 7) is 0. The molecule has 1 aliphatic carbocycles. The van der Waals surface area contributed by atoms with Crippen molar-refractivity contribution in [1.82, 2.24) is 0 Å². The smallest absolute Gasteiger partial charge is 0.153 e. The van der Waals surface area contributed by atoms with Gasteiger partial charge in [-0.25, -0.2) is 0 Å². The lowest BCUT2D eigenvalue weighted by atomic mass is 9.97. The van der Waals surface area contributed by atoms with E-state index in [-0.39, 0.29) is 6.10 Å². The topological polar surface area (TPSA) is 35.5 Å². The Balaban J connectivity index is 1.67. The molecule has 3 aromatic carbocycles. The fourth-order valence-corrected chi connectivity index (χ4v) is 3.91. The summed E-state index contributed by atoms with van der Waals surface area (Å²) in [5.74, 6) is 0.989. The number of benzene rings is 3. The van der Waals surface area contributed by atoms with Crippen molar-refractivity contribution in [3.8, 4) is 22.6 Å². The van der Waals surface area contributed by atoms with E-state index in [4.69, 9.17) is 21.1 Å². The van der Waals surface area contributed by atoms with Gasteiger partial charge in [-0.3, -0.25) is 4.79 Å². The molecule has 0 spiro atoms. The van der Waals surface area contributed by atoms with Gasteiger partial charge in [-0.05, 0) is 41.2 Å². The molecule has 4 rings (SSSR count). The van der Waals surface area contributed by atoms with Crippen LogP contribution < -0.4 is 9.47 Å². The fourth-order valence-electron chi connectivity index (χ4n) is 3.69. The zero-order valence-electron chi connectivity index (χ0n) is 14.9. The molecule has 0 unspecified atom stereocenters. The summed E-state index contributed by atoms with van der Waals surface area (Å²) in [5, 5.41) is 0.408. The zero-order valence-corrected chi connectivity index (χ0v) is 15.7. The van der Waals surface area contributed by atoms with Crippen LogP contribution in [0.1, 0.15) is 34.0 Å². The third kappa shape index (κ3) is 3.31. The SMILES string of the molecule is COc1cc(O[C@H]2CCc3c(-c4ccccc4)cccc32)c(Cl)cc1C=O. The van der Waals surface area contributed by atoms with Crippen molar-refractivity contribution in [2.24, 2.45) is 0 Å². The normalized spacial score (nSPS) is 15.3. The van der Waals surface area contributed by atoms with Gasteiger partial charge in [-0.2, -0.15) is 0 Å². The van der Waals surface area contributed by atoms with Crippen LogP contribution in [0.15, 0.2) is 60.7 Å². The van der Waals surface area contributed by atoms with E-state index in [1.807, 2.05) is 6.07 Å². The number of methoxy groups -OCH3 is 1. The van der Waals surface area contributed by atoms with E-state index in [0.29, 0.717) is 22.1 Å². The van der Waals surface area contributed by atoms with Crippen molar-refractivity contribution in [3.63, 3.8) is 0 Å². The van der Waals surface area contributed by atoms with Gasteiger partial charge < -0.3 is 9.47 Å². The molecule has 0 aliphatic heterocycles. The molecule has 1 atom stereocenters. The molecule has 3 nitrogen and oxygen atoms in total. The number of hydrogen-bond donors (Lipinski definition) is 0. The predicted molar refractivity (Wildman–Crippen MR) is 107 cm³/mol. The van der Waals surface area contributed by atoms with Crippen molar-refractivity contribution in [2.75, 3.05) is 7.11 Å². The van der Waals surface area contributed by atoms with Crippen LogP contribution in [0, 0.1) is 0 Å². The highest BCUT2D eigenvalue weighted by Crippen LogP contribution is 2.42. The van der Waals surface area contributed by atoms with Crippen molar-refractivity contribution in [2.45, 2.75) is 18.9 Å². The Labute approximate surface area is 163 Å². The first-order valence-corrected chi connectivity index (χ1v) is 9.25. The summed E-state index contributed by atoms with van der Waals surface area (Å²) in [7, 11) is 1.52. The number of rotatable bonds is 5. The van der Waals surface area contributed by atoms with Gasteiger partial charge in [0.15, 0.2) is 6.29 Å².